The van der Waals surface area contributed by atoms with Gasteiger partial charge in [-0.2, -0.15) is 4.98 Å². The smallest absolute Gasteiger partial charge is 0.232 e. The van der Waals surface area contributed by atoms with Gasteiger partial charge in [-0.25, -0.2) is 9.97 Å². The molecule has 10 nitrogen and oxygen atoms in total. The monoisotopic (exact) mass is 383 g/mol. The highest BCUT2D eigenvalue weighted by Crippen LogP contribution is 2.40. The van der Waals surface area contributed by atoms with Gasteiger partial charge in [-0.1, -0.05) is 12.1 Å². The molecule has 0 atom stereocenters. The third-order valence-corrected chi connectivity index (χ3v) is 3.82. The van der Waals surface area contributed by atoms with Crippen LogP contribution in [0, 0.1) is 0 Å². The standard InChI is InChI=1S/C18H21N7O3/c1-26-14-8-11(9-15(27-2)16(14)28-3)22-17-20-10-21-18(24-17)23-12-6-4-5-7-13(12)25-19/h4-10,25H,19H2,1-3H3,(H2,20,21,22,23,24). The summed E-state index contributed by atoms with van der Waals surface area (Å²) in [6.07, 6.45) is 1.40. The van der Waals surface area contributed by atoms with Crippen LogP contribution in [0.4, 0.5) is 29.0 Å². The van der Waals surface area contributed by atoms with Crippen molar-refractivity contribution in [2.75, 3.05) is 37.4 Å². The number of nitrogens with two attached hydrogens (primary N) is 1. The zero-order valence-electron chi connectivity index (χ0n) is 15.7. The van der Waals surface area contributed by atoms with E-state index in [-0.39, 0.29) is 0 Å². The fourth-order valence-corrected chi connectivity index (χ4v) is 2.54. The molecule has 0 spiro atoms. The number of para-hydroxylation sites is 2. The van der Waals surface area contributed by atoms with Gasteiger partial charge in [0.2, 0.25) is 17.6 Å². The van der Waals surface area contributed by atoms with Gasteiger partial charge in [-0.3, -0.25) is 5.84 Å². The summed E-state index contributed by atoms with van der Waals surface area (Å²) < 4.78 is 16.0. The molecule has 0 radical (unpaired) electrons. The first kappa shape index (κ1) is 19.0. The number of nitrogen functional groups attached to an aromatic ring is 1. The van der Waals surface area contributed by atoms with Crippen LogP contribution in [0.15, 0.2) is 42.7 Å². The molecular weight excluding hydrogens is 362 g/mol. The summed E-state index contributed by atoms with van der Waals surface area (Å²) in [4.78, 5) is 12.6. The second kappa shape index (κ2) is 8.73. The van der Waals surface area contributed by atoms with Crippen molar-refractivity contribution >= 4 is 29.0 Å². The number of benzene rings is 2. The highest BCUT2D eigenvalue weighted by molar-refractivity contribution is 5.72. The van der Waals surface area contributed by atoms with Gasteiger partial charge in [0.25, 0.3) is 0 Å². The Balaban J connectivity index is 1.85. The van der Waals surface area contributed by atoms with E-state index in [1.807, 2.05) is 24.3 Å². The zero-order valence-corrected chi connectivity index (χ0v) is 15.7. The lowest BCUT2D eigenvalue weighted by Gasteiger charge is -2.15. The Morgan fingerprint density at radius 3 is 2.00 bits per heavy atom. The maximum atomic E-state index is 5.53. The SMILES string of the molecule is COc1cc(Nc2ncnc(Nc3ccccc3NN)n2)cc(OC)c1OC. The van der Waals surface area contributed by atoms with Crippen molar-refractivity contribution in [3.05, 3.63) is 42.7 Å². The third kappa shape index (κ3) is 4.13. The zero-order chi connectivity index (χ0) is 19.9. The van der Waals surface area contributed by atoms with Crippen LogP contribution in [-0.2, 0) is 0 Å². The predicted molar refractivity (Wildman–Crippen MR) is 107 cm³/mol. The van der Waals surface area contributed by atoms with Crippen molar-refractivity contribution in [1.82, 2.24) is 15.0 Å². The molecule has 0 aliphatic rings. The van der Waals surface area contributed by atoms with Gasteiger partial charge in [-0.15, -0.1) is 0 Å². The molecule has 0 aliphatic heterocycles. The summed E-state index contributed by atoms with van der Waals surface area (Å²) in [5.74, 6) is 7.74. The van der Waals surface area contributed by atoms with Crippen molar-refractivity contribution in [3.8, 4) is 17.2 Å². The largest absolute Gasteiger partial charge is 0.493 e. The van der Waals surface area contributed by atoms with E-state index in [9.17, 15) is 0 Å². The Labute approximate surface area is 162 Å². The average molecular weight is 383 g/mol. The molecule has 0 saturated heterocycles. The van der Waals surface area contributed by atoms with Crippen LogP contribution >= 0.6 is 0 Å². The number of hydrogen-bond donors (Lipinski definition) is 4. The summed E-state index contributed by atoms with van der Waals surface area (Å²) >= 11 is 0. The van der Waals surface area contributed by atoms with Crippen molar-refractivity contribution in [1.29, 1.82) is 0 Å². The summed E-state index contributed by atoms with van der Waals surface area (Å²) in [6.45, 7) is 0. The lowest BCUT2D eigenvalue weighted by atomic mass is 10.2. The molecule has 146 valence electrons. The van der Waals surface area contributed by atoms with Crippen molar-refractivity contribution in [2.45, 2.75) is 0 Å². The topological polar surface area (TPSA) is 128 Å². The summed E-state index contributed by atoms with van der Waals surface area (Å²) in [7, 11) is 4.65. The minimum absolute atomic E-state index is 0.338. The third-order valence-electron chi connectivity index (χ3n) is 3.82. The number of methoxy groups -OCH3 is 3. The number of hydrazine groups is 1. The van der Waals surface area contributed by atoms with Crippen LogP contribution in [0.2, 0.25) is 0 Å². The molecule has 3 aromatic rings. The van der Waals surface area contributed by atoms with E-state index in [4.69, 9.17) is 20.1 Å². The molecule has 0 unspecified atom stereocenters. The lowest BCUT2D eigenvalue weighted by Crippen LogP contribution is -2.10. The first-order valence-corrected chi connectivity index (χ1v) is 8.27. The molecule has 10 heteroatoms. The van der Waals surface area contributed by atoms with E-state index < -0.39 is 0 Å². The number of rotatable bonds is 8. The maximum absolute atomic E-state index is 5.53. The van der Waals surface area contributed by atoms with Gasteiger partial charge < -0.3 is 30.3 Å². The first-order chi connectivity index (χ1) is 13.7. The Morgan fingerprint density at radius 2 is 1.43 bits per heavy atom. The van der Waals surface area contributed by atoms with Gasteiger partial charge in [0.15, 0.2) is 11.5 Å². The molecule has 0 aliphatic carbocycles. The van der Waals surface area contributed by atoms with E-state index in [1.54, 1.807) is 33.5 Å². The molecule has 3 rings (SSSR count). The van der Waals surface area contributed by atoms with Crippen LogP contribution in [0.25, 0.3) is 0 Å². The van der Waals surface area contributed by atoms with E-state index in [2.05, 4.69) is 31.0 Å². The number of nitrogens with zero attached hydrogens (tertiary/aromatic N) is 3. The van der Waals surface area contributed by atoms with E-state index in [0.717, 1.165) is 5.69 Å². The Bertz CT molecular complexity index is 927. The molecule has 1 heterocycles. The highest BCUT2D eigenvalue weighted by atomic mass is 16.5. The second-order valence-electron chi connectivity index (χ2n) is 5.49. The molecule has 0 bridgehead atoms. The Kier molecular flexibility index (Phi) is 5.92. The van der Waals surface area contributed by atoms with Crippen LogP contribution in [0.5, 0.6) is 17.2 Å². The predicted octanol–water partition coefficient (Wildman–Crippen LogP) is 2.67. The molecule has 0 saturated carbocycles. The van der Waals surface area contributed by atoms with Gasteiger partial charge in [-0.05, 0) is 12.1 Å². The van der Waals surface area contributed by atoms with Gasteiger partial charge >= 0.3 is 0 Å². The minimum atomic E-state index is 0.338. The fraction of sp³-hybridized carbons (Fsp3) is 0.167. The van der Waals surface area contributed by atoms with Crippen molar-refractivity contribution < 1.29 is 14.2 Å². The molecule has 0 amide bonds. The molecule has 2 aromatic carbocycles. The summed E-state index contributed by atoms with van der Waals surface area (Å²) in [5.41, 5.74) is 4.72. The molecule has 5 N–H and O–H groups in total. The Hall–Kier alpha value is -3.79. The van der Waals surface area contributed by atoms with Crippen molar-refractivity contribution in [2.24, 2.45) is 5.84 Å². The number of anilines is 5. The average Bonchev–Trinajstić information content (AvgIpc) is 2.73. The van der Waals surface area contributed by atoms with Crippen LogP contribution in [0.1, 0.15) is 0 Å². The molecule has 1 aromatic heterocycles. The minimum Gasteiger partial charge on any atom is -0.493 e. The maximum Gasteiger partial charge on any atom is 0.232 e. The van der Waals surface area contributed by atoms with Gasteiger partial charge in [0.05, 0.1) is 32.7 Å². The van der Waals surface area contributed by atoms with E-state index in [1.165, 1.54) is 6.33 Å². The molecule has 28 heavy (non-hydrogen) atoms. The summed E-state index contributed by atoms with van der Waals surface area (Å²) in [5, 5.41) is 6.20. The number of hydrogen-bond acceptors (Lipinski definition) is 10. The van der Waals surface area contributed by atoms with Crippen molar-refractivity contribution in [3.63, 3.8) is 0 Å². The van der Waals surface area contributed by atoms with Crippen LogP contribution in [0.3, 0.4) is 0 Å². The van der Waals surface area contributed by atoms with Crippen LogP contribution in [-0.4, -0.2) is 36.3 Å². The van der Waals surface area contributed by atoms with Crippen LogP contribution < -0.4 is 36.1 Å². The fourth-order valence-electron chi connectivity index (χ4n) is 2.54. The van der Waals surface area contributed by atoms with Gasteiger partial charge in [0, 0.05) is 17.8 Å². The number of nitrogens with one attached hydrogen (secondary N) is 3. The van der Waals surface area contributed by atoms with Gasteiger partial charge in [0.1, 0.15) is 6.33 Å². The van der Waals surface area contributed by atoms with E-state index >= 15 is 0 Å². The molecule has 0 fully saturated rings. The normalized spacial score (nSPS) is 10.1. The van der Waals surface area contributed by atoms with E-state index in [0.29, 0.717) is 40.5 Å². The quantitative estimate of drug-likeness (QED) is 0.340. The number of aromatic nitrogens is 3. The Morgan fingerprint density at radius 1 is 0.821 bits per heavy atom. The number of ether oxygens (including phenoxy) is 3. The first-order valence-electron chi connectivity index (χ1n) is 8.27. The lowest BCUT2D eigenvalue weighted by molar-refractivity contribution is 0.324. The highest BCUT2D eigenvalue weighted by Gasteiger charge is 2.14. The second-order valence-corrected chi connectivity index (χ2v) is 5.49. The summed E-state index contributed by atoms with van der Waals surface area (Å²) in [6, 6.07) is 10.9. The molecular formula is C18H21N7O3.